The van der Waals surface area contributed by atoms with Crippen molar-refractivity contribution >= 4 is 17.4 Å². The quantitative estimate of drug-likeness (QED) is 0.0960. The molecule has 1 heterocycles. The molecular weight excluding hydrogens is 723 g/mol. The van der Waals surface area contributed by atoms with E-state index < -0.39 is 5.54 Å². The lowest BCUT2D eigenvalue weighted by Gasteiger charge is -2.49. The fourth-order valence-corrected chi connectivity index (χ4v) is 10.8. The summed E-state index contributed by atoms with van der Waals surface area (Å²) in [6, 6.07) is 18.0. The molecule has 1 saturated heterocycles. The molecule has 2 atom stereocenters. The van der Waals surface area contributed by atoms with Gasteiger partial charge >= 0.3 is 0 Å². The van der Waals surface area contributed by atoms with Gasteiger partial charge in [-0.05, 0) is 153 Å². The topological polar surface area (TPSA) is 3.01 Å². The number of allylic oxidation sites excluding steroid dienone is 17. The third-order valence-electron chi connectivity index (χ3n) is 14.6. The number of rotatable bonds is 15. The number of piperidine rings is 1. The lowest BCUT2D eigenvalue weighted by atomic mass is 9.58. The van der Waals surface area contributed by atoms with Gasteiger partial charge in [0.1, 0.15) is 0 Å². The molecule has 0 saturated carbocycles. The van der Waals surface area contributed by atoms with Crippen LogP contribution in [0.5, 0.6) is 0 Å². The Balaban J connectivity index is 1.10. The molecule has 2 aromatic carbocycles. The third-order valence-corrected chi connectivity index (χ3v) is 14.6. The molecule has 310 valence electrons. The molecule has 1 aliphatic heterocycles. The van der Waals surface area contributed by atoms with E-state index in [4.69, 9.17) is 13.2 Å². The molecule has 0 amide bonds. The fourth-order valence-electron chi connectivity index (χ4n) is 10.8. The summed E-state index contributed by atoms with van der Waals surface area (Å²) < 4.78 is 2.35. The minimum atomic E-state index is -0.430. The molecule has 7 rings (SSSR count). The van der Waals surface area contributed by atoms with Crippen LogP contribution in [0, 0.1) is 10.8 Å². The lowest BCUT2D eigenvalue weighted by Crippen LogP contribution is -2.57. The molecule has 5 aliphatic rings. The van der Waals surface area contributed by atoms with Gasteiger partial charge in [-0.2, -0.15) is 4.58 Å². The van der Waals surface area contributed by atoms with E-state index in [2.05, 4.69) is 168 Å². The van der Waals surface area contributed by atoms with E-state index in [9.17, 15) is 0 Å². The highest BCUT2D eigenvalue weighted by molar-refractivity contribution is 6.07. The molecule has 0 radical (unpaired) electrons. The van der Waals surface area contributed by atoms with Gasteiger partial charge in [0.15, 0.2) is 11.8 Å². The van der Waals surface area contributed by atoms with Gasteiger partial charge in [0.2, 0.25) is 5.70 Å². The van der Waals surface area contributed by atoms with Gasteiger partial charge in [-0.15, -0.1) is 0 Å². The Hall–Kier alpha value is -5.01. The minimum absolute atomic E-state index is 0.0495. The predicted molar refractivity (Wildman–Crippen MR) is 262 cm³/mol. The van der Waals surface area contributed by atoms with Crippen molar-refractivity contribution in [2.24, 2.45) is 10.8 Å². The monoisotopic (exact) mass is 793 g/mol. The first kappa shape index (κ1) is 43.1. The number of unbranched alkanes of at least 4 members (excludes halogenated alkanes) is 3. The first-order valence-corrected chi connectivity index (χ1v) is 23.1. The summed E-state index contributed by atoms with van der Waals surface area (Å²) in [5, 5.41) is 0. The van der Waals surface area contributed by atoms with Crippen LogP contribution in [-0.4, -0.2) is 16.3 Å². The second kappa shape index (κ2) is 18.3. The molecule has 0 bridgehead atoms. The van der Waals surface area contributed by atoms with Crippen LogP contribution in [0.4, 0.5) is 0 Å². The second-order valence-electron chi connectivity index (χ2n) is 18.7. The molecule has 60 heavy (non-hydrogen) atoms. The largest absolute Gasteiger partial charge is 0.205 e. The first-order chi connectivity index (χ1) is 28.9. The third kappa shape index (κ3) is 8.48. The highest BCUT2D eigenvalue weighted by Gasteiger charge is 2.60. The molecule has 4 aliphatic carbocycles. The van der Waals surface area contributed by atoms with Gasteiger partial charge in [-0.25, -0.2) is 0 Å². The molecule has 1 nitrogen and oxygen atoms in total. The fraction of sp³-hybridized carbons (Fsp3) is 0.373. The van der Waals surface area contributed by atoms with Crippen LogP contribution in [0.3, 0.4) is 0 Å². The number of hydrogen-bond donors (Lipinski definition) is 0. The van der Waals surface area contributed by atoms with Crippen LogP contribution in [0.2, 0.25) is 0 Å². The molecule has 2 aromatic rings. The normalized spacial score (nSPS) is 24.9. The van der Waals surface area contributed by atoms with Gasteiger partial charge < -0.3 is 0 Å². The molecule has 2 unspecified atom stereocenters. The van der Waals surface area contributed by atoms with Crippen molar-refractivity contribution in [1.82, 2.24) is 0 Å². The highest BCUT2D eigenvalue weighted by Crippen LogP contribution is 2.56. The van der Waals surface area contributed by atoms with Crippen molar-refractivity contribution in [3.05, 3.63) is 191 Å². The highest BCUT2D eigenvalue weighted by atomic mass is 15.1. The zero-order valence-electron chi connectivity index (χ0n) is 37.6. The Morgan fingerprint density at radius 2 is 1.47 bits per heavy atom. The Labute approximate surface area is 363 Å². The predicted octanol–water partition coefficient (Wildman–Crippen LogP) is 16.5. The first-order valence-electron chi connectivity index (χ1n) is 23.1. The summed E-state index contributed by atoms with van der Waals surface area (Å²) in [7, 11) is 0. The average molecular weight is 793 g/mol. The van der Waals surface area contributed by atoms with Crippen LogP contribution in [0.25, 0.3) is 22.3 Å². The molecule has 1 fully saturated rings. The summed E-state index contributed by atoms with van der Waals surface area (Å²) in [6.07, 6.45) is 42.3. The summed E-state index contributed by atoms with van der Waals surface area (Å²) in [5.41, 5.74) is 17.1. The second-order valence-corrected chi connectivity index (χ2v) is 18.7. The Kier molecular flexibility index (Phi) is 13.2. The maximum atomic E-state index is 4.75. The number of benzene rings is 2. The van der Waals surface area contributed by atoms with E-state index >= 15 is 0 Å². The van der Waals surface area contributed by atoms with Gasteiger partial charge in [-0.1, -0.05) is 162 Å². The van der Waals surface area contributed by atoms with Gasteiger partial charge in [0.05, 0.1) is 5.41 Å². The maximum absolute atomic E-state index is 4.75. The van der Waals surface area contributed by atoms with Crippen LogP contribution in [0.15, 0.2) is 180 Å². The van der Waals surface area contributed by atoms with Crippen LogP contribution in [-0.2, 0) is 0 Å². The smallest absolute Gasteiger partial charge is 0.188 e. The van der Waals surface area contributed by atoms with E-state index in [0.717, 1.165) is 60.9 Å². The summed E-state index contributed by atoms with van der Waals surface area (Å²) in [6.45, 7) is 30.4. The summed E-state index contributed by atoms with van der Waals surface area (Å²) >= 11 is 0. The van der Waals surface area contributed by atoms with Crippen LogP contribution >= 0.6 is 0 Å². The van der Waals surface area contributed by atoms with E-state index in [1.165, 1.54) is 95.9 Å². The molecule has 0 aromatic heterocycles. The summed E-state index contributed by atoms with van der Waals surface area (Å²) in [5.74, 6) is 0. The van der Waals surface area contributed by atoms with E-state index in [-0.39, 0.29) is 10.8 Å². The molecule has 0 spiro atoms. The van der Waals surface area contributed by atoms with Gasteiger partial charge in [0, 0.05) is 23.0 Å². The van der Waals surface area contributed by atoms with Crippen LogP contribution < -0.4 is 0 Å². The summed E-state index contributed by atoms with van der Waals surface area (Å²) in [4.78, 5) is 0. The van der Waals surface area contributed by atoms with Gasteiger partial charge in [0.25, 0.3) is 0 Å². The van der Waals surface area contributed by atoms with Gasteiger partial charge in [-0.3, -0.25) is 0 Å². The van der Waals surface area contributed by atoms with Crippen molar-refractivity contribution in [1.29, 1.82) is 0 Å². The van der Waals surface area contributed by atoms with Crippen molar-refractivity contribution in [2.45, 2.75) is 130 Å². The number of hydrogen-bond acceptors (Lipinski definition) is 0. The Morgan fingerprint density at radius 3 is 2.18 bits per heavy atom. The molecular formula is C59H70N+. The van der Waals surface area contributed by atoms with E-state index in [0.29, 0.717) is 0 Å². The maximum Gasteiger partial charge on any atom is 0.205 e. The SMILES string of the molecule is C=CC1(CC)[N+](=CC(=C)c2cccc(-c3cccc(C4=CC(CCCCCCC5=CCCC=C5)=CCC4)c3)c2)C(=C)C(=C)/C(=C\C2=CC(C)(C)C3=C2C=CCC3)C1(C)CC. The Bertz CT molecular complexity index is 2340. The van der Waals surface area contributed by atoms with Crippen molar-refractivity contribution in [2.75, 3.05) is 0 Å². The standard InChI is InChI=1S/C59H70N/c1-10-58(9)56(40-53-41-57(7,8)55-36-21-20-35-54(53)55)44(5)45(6)60(59(58,11-2)12-3)42-43(4)48-30-23-32-50(38-48)52-34-24-33-51(39-52)49-31-22-29-47(37-49)28-17-14-13-16-25-46-26-18-15-19-27-46/h11,18,20,23-24,26-27,29-30,32-35,37-42H,2,4-6,10,12-17,19,21-22,25,28,31,36H2,1,3,7-9H3/q+1/b56-40+,60-42?. The average Bonchev–Trinajstić information content (AvgIpc) is 3.54. The molecule has 0 N–H and O–H groups in total. The van der Waals surface area contributed by atoms with Crippen molar-refractivity contribution in [3.63, 3.8) is 0 Å². The zero-order chi connectivity index (χ0) is 42.5. The number of nitrogens with zero attached hydrogens (tertiary/aromatic N) is 1. The minimum Gasteiger partial charge on any atom is -0.188 e. The van der Waals surface area contributed by atoms with Crippen molar-refractivity contribution in [3.8, 4) is 11.1 Å². The lowest BCUT2D eigenvalue weighted by molar-refractivity contribution is -0.568. The zero-order valence-corrected chi connectivity index (χ0v) is 37.6. The molecule has 1 heteroatoms. The van der Waals surface area contributed by atoms with Crippen molar-refractivity contribution < 1.29 is 4.58 Å². The Morgan fingerprint density at radius 1 is 0.767 bits per heavy atom. The van der Waals surface area contributed by atoms with E-state index in [1.807, 2.05) is 0 Å². The van der Waals surface area contributed by atoms with Crippen LogP contribution in [0.1, 0.15) is 136 Å². The van der Waals surface area contributed by atoms with E-state index in [1.54, 1.807) is 11.1 Å².